The molecule has 0 radical (unpaired) electrons. The molecule has 0 bridgehead atoms. The van der Waals surface area contributed by atoms with Crippen molar-refractivity contribution >= 4 is 34.9 Å². The highest BCUT2D eigenvalue weighted by Crippen LogP contribution is 2.31. The number of carboxylic acid groups (broad SMARTS) is 2. The molecule has 0 atom stereocenters. The Balaban J connectivity index is 0.000000391. The summed E-state index contributed by atoms with van der Waals surface area (Å²) in [5.41, 5.74) is 5.72. The quantitative estimate of drug-likeness (QED) is 0.486. The molecular weight excluding hydrogens is 492 g/mol. The Morgan fingerprint density at radius 2 is 1.13 bits per heavy atom. The van der Waals surface area contributed by atoms with Crippen LogP contribution in [0.25, 0.3) is 0 Å². The Kier molecular flexibility index (Phi) is 12.4. The summed E-state index contributed by atoms with van der Waals surface area (Å²) in [5, 5.41) is 18.1. The Morgan fingerprint density at radius 1 is 0.692 bits per heavy atom. The Morgan fingerprint density at radius 3 is 1.54 bits per heavy atom. The fraction of sp³-hybridized carbons (Fsp3) is 0.290. The number of nitrogens with zero attached hydrogens (tertiary/aromatic N) is 4. The van der Waals surface area contributed by atoms with Gasteiger partial charge in [-0.3, -0.25) is 9.80 Å². The van der Waals surface area contributed by atoms with E-state index >= 15 is 0 Å². The second kappa shape index (κ2) is 15.2. The summed E-state index contributed by atoms with van der Waals surface area (Å²) in [5.74, 6) is 10.2. The van der Waals surface area contributed by atoms with Crippen molar-refractivity contribution in [1.29, 1.82) is 0 Å². The van der Waals surface area contributed by atoms with Gasteiger partial charge >= 0.3 is 12.2 Å². The van der Waals surface area contributed by atoms with E-state index in [1.54, 1.807) is 11.0 Å². The van der Waals surface area contributed by atoms with Crippen LogP contribution in [0.1, 0.15) is 16.7 Å². The molecule has 8 nitrogen and oxygen atoms in total. The van der Waals surface area contributed by atoms with Crippen LogP contribution in [0.3, 0.4) is 0 Å². The zero-order valence-corrected chi connectivity index (χ0v) is 23.0. The van der Waals surface area contributed by atoms with Gasteiger partial charge in [0.25, 0.3) is 0 Å². The maximum atomic E-state index is 11.1. The SMILES string of the molecule is C#CCN(CC#C)c1c(C)cc(N(C)C(=O)O)cc1C.C#CCN(CC#C)c1ccc(C)cc1N(C)C(=O)O. The zero-order valence-electron chi connectivity index (χ0n) is 23.0. The summed E-state index contributed by atoms with van der Waals surface area (Å²) >= 11 is 0. The molecule has 0 aliphatic heterocycles. The first-order valence-corrected chi connectivity index (χ1v) is 11.8. The molecular formula is C31H34N4O4. The maximum Gasteiger partial charge on any atom is 0.411 e. The molecule has 0 heterocycles. The van der Waals surface area contributed by atoms with Crippen molar-refractivity contribution in [3.8, 4) is 49.4 Å². The number of hydrogen-bond donors (Lipinski definition) is 2. The number of amides is 2. The van der Waals surface area contributed by atoms with Crippen LogP contribution in [0, 0.1) is 70.1 Å². The molecule has 202 valence electrons. The first-order chi connectivity index (χ1) is 18.4. The Hall–Kier alpha value is -5.18. The monoisotopic (exact) mass is 526 g/mol. The summed E-state index contributed by atoms with van der Waals surface area (Å²) in [7, 11) is 3.00. The lowest BCUT2D eigenvalue weighted by molar-refractivity contribution is 0.202. The maximum absolute atomic E-state index is 11.1. The van der Waals surface area contributed by atoms with E-state index in [0.717, 1.165) is 27.3 Å². The fourth-order valence-corrected chi connectivity index (χ4v) is 3.89. The molecule has 39 heavy (non-hydrogen) atoms. The predicted octanol–water partition coefficient (Wildman–Crippen LogP) is 4.67. The van der Waals surface area contributed by atoms with Crippen molar-refractivity contribution in [3.05, 3.63) is 47.0 Å². The van der Waals surface area contributed by atoms with Gasteiger partial charge in [-0.2, -0.15) is 0 Å². The summed E-state index contributed by atoms with van der Waals surface area (Å²) in [6.07, 6.45) is 19.3. The fourth-order valence-electron chi connectivity index (χ4n) is 3.89. The van der Waals surface area contributed by atoms with Gasteiger partial charge in [0.05, 0.1) is 37.6 Å². The third kappa shape index (κ3) is 8.71. The number of terminal acetylenes is 4. The van der Waals surface area contributed by atoms with Crippen LogP contribution in [-0.4, -0.2) is 62.7 Å². The number of carbonyl (C=O) groups is 2. The van der Waals surface area contributed by atoms with Crippen molar-refractivity contribution in [3.63, 3.8) is 0 Å². The first kappa shape index (κ1) is 31.8. The van der Waals surface area contributed by atoms with E-state index in [1.807, 2.05) is 49.9 Å². The van der Waals surface area contributed by atoms with E-state index in [1.165, 1.54) is 19.0 Å². The van der Waals surface area contributed by atoms with Crippen LogP contribution in [0.5, 0.6) is 0 Å². The average molecular weight is 527 g/mol. The highest BCUT2D eigenvalue weighted by Gasteiger charge is 2.17. The number of rotatable bonds is 8. The molecule has 0 unspecified atom stereocenters. The molecule has 2 aromatic rings. The largest absolute Gasteiger partial charge is 0.465 e. The van der Waals surface area contributed by atoms with Crippen LogP contribution in [0.2, 0.25) is 0 Å². The lowest BCUT2D eigenvalue weighted by Crippen LogP contribution is -2.29. The second-order valence-electron chi connectivity index (χ2n) is 8.63. The lowest BCUT2D eigenvalue weighted by atomic mass is 10.1. The van der Waals surface area contributed by atoms with Crippen molar-refractivity contribution < 1.29 is 19.8 Å². The summed E-state index contributed by atoms with van der Waals surface area (Å²) in [6, 6.07) is 9.16. The van der Waals surface area contributed by atoms with Crippen LogP contribution >= 0.6 is 0 Å². The van der Waals surface area contributed by atoms with E-state index in [9.17, 15) is 9.59 Å². The standard InChI is InChI=1S/C16H18N2O2.C15H16N2O2/c1-6-8-18(9-7-2)15-12(3)10-14(11-13(15)4)17(5)16(19)20;1-5-9-17(10-6-2)13-8-7-12(3)11-14(13)16(4)15(18)19/h1-2,10-11H,8-9H2,3-5H3,(H,19,20);1-2,7-8,11H,9-10H2,3-4H3,(H,18,19). The molecule has 2 N–H and O–H groups in total. The number of aryl methyl sites for hydroxylation is 3. The molecule has 0 saturated heterocycles. The van der Waals surface area contributed by atoms with E-state index < -0.39 is 12.2 Å². The highest BCUT2D eigenvalue weighted by atomic mass is 16.4. The van der Waals surface area contributed by atoms with Gasteiger partial charge < -0.3 is 20.0 Å². The van der Waals surface area contributed by atoms with Gasteiger partial charge in [-0.15, -0.1) is 25.7 Å². The molecule has 0 aliphatic rings. The zero-order chi connectivity index (χ0) is 29.7. The molecule has 8 heteroatoms. The molecule has 0 aromatic heterocycles. The minimum Gasteiger partial charge on any atom is -0.465 e. The van der Waals surface area contributed by atoms with Gasteiger partial charge in [0.2, 0.25) is 0 Å². The van der Waals surface area contributed by atoms with Crippen LogP contribution < -0.4 is 19.6 Å². The summed E-state index contributed by atoms with van der Waals surface area (Å²) in [6.45, 7) is 7.22. The van der Waals surface area contributed by atoms with Gasteiger partial charge in [0.1, 0.15) is 0 Å². The molecule has 0 spiro atoms. The highest BCUT2D eigenvalue weighted by molar-refractivity contribution is 5.91. The first-order valence-electron chi connectivity index (χ1n) is 11.8. The molecule has 0 aliphatic carbocycles. The van der Waals surface area contributed by atoms with Gasteiger partial charge in [-0.25, -0.2) is 9.59 Å². The van der Waals surface area contributed by atoms with E-state index in [2.05, 4.69) is 23.7 Å². The summed E-state index contributed by atoms with van der Waals surface area (Å²) in [4.78, 5) is 28.2. The van der Waals surface area contributed by atoms with Crippen LogP contribution in [0.15, 0.2) is 30.3 Å². The normalized spacial score (nSPS) is 9.36. The van der Waals surface area contributed by atoms with Crippen molar-refractivity contribution in [2.75, 3.05) is 59.9 Å². The molecule has 0 saturated carbocycles. The molecule has 2 amide bonds. The minimum absolute atomic E-state index is 0.327. The average Bonchev–Trinajstić information content (AvgIpc) is 2.87. The van der Waals surface area contributed by atoms with Crippen molar-refractivity contribution in [1.82, 2.24) is 0 Å². The third-order valence-electron chi connectivity index (χ3n) is 5.71. The smallest absolute Gasteiger partial charge is 0.411 e. The van der Waals surface area contributed by atoms with E-state index in [4.69, 9.17) is 35.9 Å². The van der Waals surface area contributed by atoms with Crippen molar-refractivity contribution in [2.45, 2.75) is 20.8 Å². The van der Waals surface area contributed by atoms with Crippen LogP contribution in [-0.2, 0) is 0 Å². The van der Waals surface area contributed by atoms with Gasteiger partial charge in [0.15, 0.2) is 0 Å². The van der Waals surface area contributed by atoms with Gasteiger partial charge in [0, 0.05) is 25.5 Å². The molecule has 0 fully saturated rings. The Labute approximate surface area is 231 Å². The van der Waals surface area contributed by atoms with E-state index in [0.29, 0.717) is 43.2 Å². The minimum atomic E-state index is -1.03. The molecule has 2 aromatic carbocycles. The van der Waals surface area contributed by atoms with Gasteiger partial charge in [-0.05, 0) is 61.7 Å². The number of hydrogen-bond acceptors (Lipinski definition) is 4. The topological polar surface area (TPSA) is 87.6 Å². The molecule has 2 rings (SSSR count). The predicted molar refractivity (Wildman–Crippen MR) is 160 cm³/mol. The van der Waals surface area contributed by atoms with E-state index in [-0.39, 0.29) is 0 Å². The third-order valence-corrected chi connectivity index (χ3v) is 5.71. The second-order valence-corrected chi connectivity index (χ2v) is 8.63. The number of anilines is 4. The number of benzene rings is 2. The Bertz CT molecular complexity index is 1300. The van der Waals surface area contributed by atoms with Gasteiger partial charge in [-0.1, -0.05) is 29.7 Å². The summed E-state index contributed by atoms with van der Waals surface area (Å²) < 4.78 is 0. The van der Waals surface area contributed by atoms with Crippen LogP contribution in [0.4, 0.5) is 32.3 Å². The van der Waals surface area contributed by atoms with Crippen molar-refractivity contribution in [2.24, 2.45) is 0 Å². The lowest BCUT2D eigenvalue weighted by Gasteiger charge is -2.26.